The Balaban J connectivity index is 2.08. The standard InChI is InChI=1S/C26H40N2O5/c1-3-4-18-33-26(32)23(17-16-21-12-8-7-9-13-21)27-20(2)25(31)28(19-24(29)30)22-14-10-5-6-11-15-22/h7-9,12-13,20,22-23,27H,3-6,10-11,14-19H2,1-2H3,(H,29,30)/t20-,23?/m0/s1. The van der Waals surface area contributed by atoms with E-state index in [1.165, 1.54) is 4.90 Å². The molecule has 0 bridgehead atoms. The van der Waals surface area contributed by atoms with E-state index in [0.717, 1.165) is 56.9 Å². The van der Waals surface area contributed by atoms with Gasteiger partial charge in [0.15, 0.2) is 0 Å². The van der Waals surface area contributed by atoms with Crippen molar-refractivity contribution in [3.8, 4) is 0 Å². The van der Waals surface area contributed by atoms with Crippen LogP contribution in [0.15, 0.2) is 30.3 Å². The van der Waals surface area contributed by atoms with Gasteiger partial charge in [-0.1, -0.05) is 69.4 Å². The van der Waals surface area contributed by atoms with E-state index in [2.05, 4.69) is 5.32 Å². The van der Waals surface area contributed by atoms with Gasteiger partial charge in [0, 0.05) is 6.04 Å². The first-order chi connectivity index (χ1) is 15.9. The molecule has 1 amide bonds. The molecular weight excluding hydrogens is 420 g/mol. The highest BCUT2D eigenvalue weighted by atomic mass is 16.5. The van der Waals surface area contributed by atoms with E-state index in [0.29, 0.717) is 19.4 Å². The Bertz CT molecular complexity index is 731. The fourth-order valence-corrected chi connectivity index (χ4v) is 4.37. The fraction of sp³-hybridized carbons (Fsp3) is 0.654. The van der Waals surface area contributed by atoms with Crippen LogP contribution in [-0.2, 0) is 25.5 Å². The molecule has 1 aliphatic rings. The van der Waals surface area contributed by atoms with Crippen LogP contribution < -0.4 is 5.32 Å². The SMILES string of the molecule is CCCCOC(=O)C(CCc1ccccc1)N[C@@H](C)C(=O)N(CC(=O)O)C1CCCCCC1. The lowest BCUT2D eigenvalue weighted by molar-refractivity contribution is -0.149. The quantitative estimate of drug-likeness (QED) is 0.263. The number of carbonyl (C=O) groups is 3. The van der Waals surface area contributed by atoms with Gasteiger partial charge in [0.25, 0.3) is 0 Å². The van der Waals surface area contributed by atoms with Gasteiger partial charge in [-0.25, -0.2) is 0 Å². The van der Waals surface area contributed by atoms with Gasteiger partial charge in [-0.05, 0) is 44.6 Å². The lowest BCUT2D eigenvalue weighted by atomic mass is 10.0. The largest absolute Gasteiger partial charge is 0.480 e. The first-order valence-corrected chi connectivity index (χ1v) is 12.4. The van der Waals surface area contributed by atoms with Crippen molar-refractivity contribution in [1.29, 1.82) is 0 Å². The number of carboxylic acids is 1. The van der Waals surface area contributed by atoms with Crippen LogP contribution in [-0.4, -0.2) is 59.1 Å². The number of hydrogen-bond donors (Lipinski definition) is 2. The van der Waals surface area contributed by atoms with Crippen molar-refractivity contribution in [3.63, 3.8) is 0 Å². The Kier molecular flexibility index (Phi) is 11.9. The van der Waals surface area contributed by atoms with E-state index in [1.54, 1.807) is 6.92 Å². The Hall–Kier alpha value is -2.41. The molecule has 0 spiro atoms. The molecule has 2 N–H and O–H groups in total. The number of nitrogens with zero attached hydrogens (tertiary/aromatic N) is 1. The van der Waals surface area contributed by atoms with E-state index in [9.17, 15) is 19.5 Å². The second-order valence-electron chi connectivity index (χ2n) is 8.99. The smallest absolute Gasteiger partial charge is 0.323 e. The van der Waals surface area contributed by atoms with Gasteiger partial charge in [0.1, 0.15) is 12.6 Å². The predicted octanol–water partition coefficient (Wildman–Crippen LogP) is 3.95. The molecular formula is C26H40N2O5. The number of carbonyl (C=O) groups excluding carboxylic acids is 2. The number of esters is 1. The molecule has 0 heterocycles. The molecule has 1 aromatic rings. The zero-order valence-corrected chi connectivity index (χ0v) is 20.1. The molecule has 1 aliphatic carbocycles. The van der Waals surface area contributed by atoms with Crippen LogP contribution in [0.4, 0.5) is 0 Å². The van der Waals surface area contributed by atoms with Gasteiger partial charge in [-0.3, -0.25) is 19.7 Å². The van der Waals surface area contributed by atoms with E-state index >= 15 is 0 Å². The maximum atomic E-state index is 13.3. The monoisotopic (exact) mass is 460 g/mol. The van der Waals surface area contributed by atoms with Crippen LogP contribution in [0.2, 0.25) is 0 Å². The van der Waals surface area contributed by atoms with Crippen molar-refractivity contribution >= 4 is 17.8 Å². The Morgan fingerprint density at radius 2 is 1.79 bits per heavy atom. The molecule has 7 nitrogen and oxygen atoms in total. The molecule has 7 heteroatoms. The Morgan fingerprint density at radius 1 is 1.12 bits per heavy atom. The minimum absolute atomic E-state index is 0.0698. The highest BCUT2D eigenvalue weighted by molar-refractivity contribution is 5.86. The summed E-state index contributed by atoms with van der Waals surface area (Å²) in [6, 6.07) is 8.49. The van der Waals surface area contributed by atoms with Gasteiger partial charge in [0.05, 0.1) is 12.6 Å². The van der Waals surface area contributed by atoms with Crippen molar-refractivity contribution in [3.05, 3.63) is 35.9 Å². The molecule has 1 aromatic carbocycles. The van der Waals surface area contributed by atoms with Gasteiger partial charge in [-0.15, -0.1) is 0 Å². The first-order valence-electron chi connectivity index (χ1n) is 12.4. The van der Waals surface area contributed by atoms with E-state index in [-0.39, 0.29) is 24.5 Å². The number of aryl methyl sites for hydroxylation is 1. The second-order valence-corrected chi connectivity index (χ2v) is 8.99. The van der Waals surface area contributed by atoms with Crippen molar-refractivity contribution in [2.45, 2.75) is 96.2 Å². The number of aliphatic carboxylic acids is 1. The molecule has 0 saturated heterocycles. The van der Waals surface area contributed by atoms with Gasteiger partial charge >= 0.3 is 11.9 Å². The summed E-state index contributed by atoms with van der Waals surface area (Å²) in [5.74, 6) is -1.65. The summed E-state index contributed by atoms with van der Waals surface area (Å²) in [5.41, 5.74) is 1.11. The number of rotatable bonds is 13. The third kappa shape index (κ3) is 9.54. The number of amides is 1. The fourth-order valence-electron chi connectivity index (χ4n) is 4.37. The van der Waals surface area contributed by atoms with Gasteiger partial charge in [-0.2, -0.15) is 0 Å². The van der Waals surface area contributed by atoms with Crippen molar-refractivity contribution in [1.82, 2.24) is 10.2 Å². The van der Waals surface area contributed by atoms with Gasteiger partial charge in [0.2, 0.25) is 5.91 Å². The Morgan fingerprint density at radius 3 is 2.39 bits per heavy atom. The number of carboxylic acid groups (broad SMARTS) is 1. The molecule has 2 atom stereocenters. The van der Waals surface area contributed by atoms with Crippen LogP contribution in [0.5, 0.6) is 0 Å². The molecule has 0 aliphatic heterocycles. The van der Waals surface area contributed by atoms with Crippen LogP contribution in [0, 0.1) is 0 Å². The Labute approximate surface area is 197 Å². The van der Waals surface area contributed by atoms with Gasteiger partial charge < -0.3 is 14.7 Å². The topological polar surface area (TPSA) is 95.9 Å². The minimum atomic E-state index is -1.01. The lowest BCUT2D eigenvalue weighted by Gasteiger charge is -2.33. The van der Waals surface area contributed by atoms with E-state index in [1.807, 2.05) is 37.3 Å². The highest BCUT2D eigenvalue weighted by Gasteiger charge is 2.32. The maximum Gasteiger partial charge on any atom is 0.323 e. The second kappa shape index (κ2) is 14.7. The third-order valence-corrected chi connectivity index (χ3v) is 6.27. The third-order valence-electron chi connectivity index (χ3n) is 6.27. The molecule has 1 unspecified atom stereocenters. The number of benzene rings is 1. The van der Waals surface area contributed by atoms with E-state index in [4.69, 9.17) is 4.74 Å². The molecule has 33 heavy (non-hydrogen) atoms. The average Bonchev–Trinajstić information content (AvgIpc) is 3.09. The zero-order valence-electron chi connectivity index (χ0n) is 20.1. The number of ether oxygens (including phenoxy) is 1. The van der Waals surface area contributed by atoms with Crippen molar-refractivity contribution in [2.75, 3.05) is 13.2 Å². The first kappa shape index (κ1) is 26.8. The van der Waals surface area contributed by atoms with Crippen LogP contribution in [0.3, 0.4) is 0 Å². The number of unbranched alkanes of at least 4 members (excludes halogenated alkanes) is 1. The van der Waals surface area contributed by atoms with Crippen LogP contribution in [0.1, 0.15) is 77.2 Å². The van der Waals surface area contributed by atoms with Crippen LogP contribution in [0.25, 0.3) is 0 Å². The molecule has 1 fully saturated rings. The molecule has 0 aromatic heterocycles. The highest BCUT2D eigenvalue weighted by Crippen LogP contribution is 2.22. The van der Waals surface area contributed by atoms with E-state index < -0.39 is 18.1 Å². The molecule has 1 saturated carbocycles. The molecule has 2 rings (SSSR count). The van der Waals surface area contributed by atoms with Crippen molar-refractivity contribution in [2.24, 2.45) is 0 Å². The number of nitrogens with one attached hydrogen (secondary N) is 1. The summed E-state index contributed by atoms with van der Waals surface area (Å²) >= 11 is 0. The van der Waals surface area contributed by atoms with Crippen LogP contribution >= 0.6 is 0 Å². The molecule has 0 radical (unpaired) electrons. The minimum Gasteiger partial charge on any atom is -0.480 e. The average molecular weight is 461 g/mol. The summed E-state index contributed by atoms with van der Waals surface area (Å²) in [6.45, 7) is 3.78. The molecule has 184 valence electrons. The maximum absolute atomic E-state index is 13.3. The summed E-state index contributed by atoms with van der Waals surface area (Å²) in [5, 5.41) is 12.6. The zero-order chi connectivity index (χ0) is 24.1. The summed E-state index contributed by atoms with van der Waals surface area (Å²) in [7, 11) is 0. The summed E-state index contributed by atoms with van der Waals surface area (Å²) in [6.07, 6.45) is 8.76. The number of hydrogen-bond acceptors (Lipinski definition) is 5. The summed E-state index contributed by atoms with van der Waals surface area (Å²) in [4.78, 5) is 39.1. The predicted molar refractivity (Wildman–Crippen MR) is 128 cm³/mol. The van der Waals surface area contributed by atoms with Crippen molar-refractivity contribution < 1.29 is 24.2 Å². The normalized spacial score (nSPS) is 16.4. The summed E-state index contributed by atoms with van der Waals surface area (Å²) < 4.78 is 5.45. The lowest BCUT2D eigenvalue weighted by Crippen LogP contribution is -2.54.